The number of nitrogens with zero attached hydrogens (tertiary/aromatic N) is 2. The van der Waals surface area contributed by atoms with Gasteiger partial charge in [-0.05, 0) is 18.7 Å². The second kappa shape index (κ2) is 8.39. The lowest BCUT2D eigenvalue weighted by Crippen LogP contribution is -2.22. The first-order valence-electron chi connectivity index (χ1n) is 6.78. The standard InChI is InChI=1S/C13H26N2OS2Si/c1-6-8-18-13-14-10-12(17-2)15(13)11-16-7-9-19(3,4)5/h10H,6-9,11H2,1-5H3. The highest BCUT2D eigenvalue weighted by Crippen LogP contribution is 2.24. The lowest BCUT2D eigenvalue weighted by Gasteiger charge is -2.16. The zero-order valence-corrected chi connectivity index (χ0v) is 15.4. The summed E-state index contributed by atoms with van der Waals surface area (Å²) in [7, 11) is -0.996. The van der Waals surface area contributed by atoms with Gasteiger partial charge in [0.05, 0.1) is 11.2 Å². The van der Waals surface area contributed by atoms with Crippen LogP contribution in [0.1, 0.15) is 13.3 Å². The molecule has 0 spiro atoms. The van der Waals surface area contributed by atoms with Crippen LogP contribution in [0, 0.1) is 0 Å². The van der Waals surface area contributed by atoms with Crippen LogP contribution < -0.4 is 0 Å². The molecule has 0 saturated carbocycles. The summed E-state index contributed by atoms with van der Waals surface area (Å²) in [6.45, 7) is 10.8. The van der Waals surface area contributed by atoms with Crippen LogP contribution in [0.2, 0.25) is 25.7 Å². The lowest BCUT2D eigenvalue weighted by molar-refractivity contribution is 0.0758. The highest BCUT2D eigenvalue weighted by Gasteiger charge is 2.13. The number of imidazole rings is 1. The Morgan fingerprint density at radius 1 is 1.37 bits per heavy atom. The Bertz CT molecular complexity index is 377. The van der Waals surface area contributed by atoms with Gasteiger partial charge in [-0.25, -0.2) is 4.98 Å². The minimum atomic E-state index is -0.996. The predicted molar refractivity (Wildman–Crippen MR) is 89.1 cm³/mol. The van der Waals surface area contributed by atoms with E-state index in [1.54, 1.807) is 11.8 Å². The van der Waals surface area contributed by atoms with Crippen molar-refractivity contribution in [3.8, 4) is 0 Å². The van der Waals surface area contributed by atoms with Crippen molar-refractivity contribution in [3.63, 3.8) is 0 Å². The van der Waals surface area contributed by atoms with Gasteiger partial charge in [0.15, 0.2) is 5.16 Å². The number of ether oxygens (including phenoxy) is 1. The molecule has 0 atom stereocenters. The van der Waals surface area contributed by atoms with Gasteiger partial charge in [0, 0.05) is 20.4 Å². The predicted octanol–water partition coefficient (Wildman–Crippen LogP) is 4.42. The third-order valence-corrected chi connectivity index (χ3v) is 6.29. The van der Waals surface area contributed by atoms with E-state index >= 15 is 0 Å². The highest BCUT2D eigenvalue weighted by atomic mass is 32.2. The van der Waals surface area contributed by atoms with Gasteiger partial charge < -0.3 is 4.74 Å². The van der Waals surface area contributed by atoms with Crippen LogP contribution in [-0.4, -0.2) is 36.2 Å². The maximum atomic E-state index is 5.85. The second-order valence-electron chi connectivity index (χ2n) is 5.71. The first kappa shape index (κ1) is 17.1. The van der Waals surface area contributed by atoms with E-state index in [0.717, 1.165) is 17.5 Å². The minimum Gasteiger partial charge on any atom is -0.361 e. The molecule has 0 N–H and O–H groups in total. The van der Waals surface area contributed by atoms with E-state index in [1.807, 2.05) is 18.0 Å². The van der Waals surface area contributed by atoms with Gasteiger partial charge in [-0.2, -0.15) is 0 Å². The third-order valence-electron chi connectivity index (χ3n) is 2.64. The zero-order chi connectivity index (χ0) is 14.3. The maximum absolute atomic E-state index is 5.85. The van der Waals surface area contributed by atoms with Gasteiger partial charge in [0.25, 0.3) is 0 Å². The first-order chi connectivity index (χ1) is 8.98. The van der Waals surface area contributed by atoms with Gasteiger partial charge in [-0.15, -0.1) is 11.8 Å². The topological polar surface area (TPSA) is 27.1 Å². The molecule has 0 aliphatic rings. The van der Waals surface area contributed by atoms with E-state index < -0.39 is 8.07 Å². The van der Waals surface area contributed by atoms with Crippen LogP contribution in [0.5, 0.6) is 0 Å². The Morgan fingerprint density at radius 3 is 2.68 bits per heavy atom. The number of hydrogen-bond acceptors (Lipinski definition) is 4. The van der Waals surface area contributed by atoms with Crippen molar-refractivity contribution >= 4 is 31.6 Å². The van der Waals surface area contributed by atoms with E-state index in [2.05, 4.69) is 42.4 Å². The summed E-state index contributed by atoms with van der Waals surface area (Å²) in [6.07, 6.45) is 5.21. The van der Waals surface area contributed by atoms with E-state index in [-0.39, 0.29) is 0 Å². The molecule has 0 aromatic carbocycles. The van der Waals surface area contributed by atoms with Gasteiger partial charge in [-0.3, -0.25) is 4.57 Å². The van der Waals surface area contributed by atoms with Crippen LogP contribution in [0.4, 0.5) is 0 Å². The van der Waals surface area contributed by atoms with Crippen molar-refractivity contribution in [3.05, 3.63) is 6.20 Å². The van der Waals surface area contributed by atoms with E-state index in [9.17, 15) is 0 Å². The molecule has 0 unspecified atom stereocenters. The highest BCUT2D eigenvalue weighted by molar-refractivity contribution is 7.99. The van der Waals surface area contributed by atoms with Gasteiger partial charge in [0.1, 0.15) is 6.73 Å². The fraction of sp³-hybridized carbons (Fsp3) is 0.769. The number of thioether (sulfide) groups is 2. The molecule has 0 aliphatic carbocycles. The second-order valence-corrected chi connectivity index (χ2v) is 13.2. The molecule has 0 radical (unpaired) electrons. The molecule has 6 heteroatoms. The summed E-state index contributed by atoms with van der Waals surface area (Å²) in [5.74, 6) is 1.11. The van der Waals surface area contributed by atoms with Crippen molar-refractivity contribution in [2.45, 2.75) is 55.9 Å². The van der Waals surface area contributed by atoms with E-state index in [1.165, 1.54) is 17.5 Å². The maximum Gasteiger partial charge on any atom is 0.170 e. The first-order valence-corrected chi connectivity index (χ1v) is 12.7. The summed E-state index contributed by atoms with van der Waals surface area (Å²) in [6, 6.07) is 1.22. The Balaban J connectivity index is 2.52. The molecular formula is C13H26N2OS2Si. The minimum absolute atomic E-state index is 0.632. The van der Waals surface area contributed by atoms with Gasteiger partial charge in [0.2, 0.25) is 0 Å². The molecular weight excluding hydrogens is 292 g/mol. The van der Waals surface area contributed by atoms with Crippen LogP contribution >= 0.6 is 23.5 Å². The SMILES string of the molecule is CCCSc1ncc(SC)n1COCC[Si](C)(C)C. The van der Waals surface area contributed by atoms with E-state index in [4.69, 9.17) is 4.74 Å². The molecule has 1 rings (SSSR count). The summed E-state index contributed by atoms with van der Waals surface area (Å²) in [4.78, 5) is 4.49. The fourth-order valence-electron chi connectivity index (χ4n) is 1.47. The molecule has 1 heterocycles. The molecule has 0 amide bonds. The smallest absolute Gasteiger partial charge is 0.170 e. The molecule has 0 fully saturated rings. The van der Waals surface area contributed by atoms with Crippen molar-refractivity contribution in [2.75, 3.05) is 18.6 Å². The van der Waals surface area contributed by atoms with Crippen molar-refractivity contribution in [1.82, 2.24) is 9.55 Å². The Morgan fingerprint density at radius 2 is 2.11 bits per heavy atom. The quantitative estimate of drug-likeness (QED) is 0.382. The van der Waals surface area contributed by atoms with Crippen LogP contribution in [-0.2, 0) is 11.5 Å². The summed E-state index contributed by atoms with van der Waals surface area (Å²) in [5.41, 5.74) is 0. The summed E-state index contributed by atoms with van der Waals surface area (Å²) < 4.78 is 8.04. The molecule has 1 aromatic heterocycles. The zero-order valence-electron chi connectivity index (χ0n) is 12.7. The molecule has 1 aromatic rings. The number of aromatic nitrogens is 2. The van der Waals surface area contributed by atoms with Gasteiger partial charge in [-0.1, -0.05) is 38.3 Å². The monoisotopic (exact) mass is 318 g/mol. The molecule has 0 saturated heterocycles. The number of hydrogen-bond donors (Lipinski definition) is 0. The van der Waals surface area contributed by atoms with Crippen LogP contribution in [0.15, 0.2) is 16.4 Å². The molecule has 0 bridgehead atoms. The van der Waals surface area contributed by atoms with Crippen LogP contribution in [0.3, 0.4) is 0 Å². The average molecular weight is 319 g/mol. The van der Waals surface area contributed by atoms with E-state index in [0.29, 0.717) is 6.73 Å². The summed E-state index contributed by atoms with van der Waals surface area (Å²) >= 11 is 3.54. The molecule has 3 nitrogen and oxygen atoms in total. The van der Waals surface area contributed by atoms with Crippen molar-refractivity contribution < 1.29 is 4.74 Å². The summed E-state index contributed by atoms with van der Waals surface area (Å²) in [5, 5.41) is 2.27. The van der Waals surface area contributed by atoms with Gasteiger partial charge >= 0.3 is 0 Å². The number of rotatable bonds is 9. The normalized spacial score (nSPS) is 12.1. The molecule has 0 aliphatic heterocycles. The largest absolute Gasteiger partial charge is 0.361 e. The molecule has 19 heavy (non-hydrogen) atoms. The fourth-order valence-corrected chi connectivity index (χ4v) is 3.62. The van der Waals surface area contributed by atoms with Crippen molar-refractivity contribution in [1.29, 1.82) is 0 Å². The Labute approximate surface area is 126 Å². The van der Waals surface area contributed by atoms with Crippen molar-refractivity contribution in [2.24, 2.45) is 0 Å². The average Bonchev–Trinajstić information content (AvgIpc) is 2.73. The molecule has 110 valence electrons. The van der Waals surface area contributed by atoms with Crippen LogP contribution in [0.25, 0.3) is 0 Å². The lowest BCUT2D eigenvalue weighted by atomic mass is 10.6. The Hall–Kier alpha value is 0.0869. The Kier molecular flexibility index (Phi) is 7.57. The third kappa shape index (κ3) is 6.38.